The van der Waals surface area contributed by atoms with Gasteiger partial charge in [0.25, 0.3) is 0 Å². The van der Waals surface area contributed by atoms with E-state index in [4.69, 9.17) is 4.74 Å². The van der Waals surface area contributed by atoms with Gasteiger partial charge in [-0.2, -0.15) is 0 Å². The van der Waals surface area contributed by atoms with Crippen LogP contribution < -0.4 is 4.74 Å². The molecule has 1 aromatic carbocycles. The fourth-order valence-corrected chi connectivity index (χ4v) is 5.78. The van der Waals surface area contributed by atoms with E-state index in [0.29, 0.717) is 18.6 Å². The van der Waals surface area contributed by atoms with Gasteiger partial charge in [-0.1, -0.05) is 6.07 Å². The van der Waals surface area contributed by atoms with Crippen LogP contribution in [0.1, 0.15) is 24.0 Å². The van der Waals surface area contributed by atoms with Crippen LogP contribution in [0, 0.1) is 0 Å². The van der Waals surface area contributed by atoms with E-state index in [2.05, 4.69) is 4.90 Å². The molecule has 4 N–H and O–H groups in total. The summed E-state index contributed by atoms with van der Waals surface area (Å²) in [6.07, 6.45) is -1.26. The van der Waals surface area contributed by atoms with Crippen LogP contribution in [0.3, 0.4) is 0 Å². The average molecular weight is 319 g/mol. The zero-order valence-corrected chi connectivity index (χ0v) is 12.9. The topological polar surface area (TPSA) is 93.4 Å². The standard InChI is InChI=1S/C17H21NO5/c1-18-5-4-16-13-8-2-3-9(19)14(13)23-15(16)10(20)7-12(21)17(16,22)11(18)6-8/h2-3,10-12,15,19-22H,4-7H2,1H3. The van der Waals surface area contributed by atoms with Crippen molar-refractivity contribution in [1.29, 1.82) is 0 Å². The number of ether oxygens (including phenoxy) is 1. The number of benzene rings is 1. The first-order valence-electron chi connectivity index (χ1n) is 8.22. The molecular formula is C17H21NO5. The van der Waals surface area contributed by atoms with Gasteiger partial charge in [0.05, 0.1) is 17.6 Å². The molecule has 6 nitrogen and oxygen atoms in total. The zero-order valence-electron chi connectivity index (χ0n) is 12.9. The molecule has 2 fully saturated rings. The number of hydrogen-bond donors (Lipinski definition) is 4. The Morgan fingerprint density at radius 3 is 2.87 bits per heavy atom. The van der Waals surface area contributed by atoms with Crippen LogP contribution in [-0.2, 0) is 11.8 Å². The number of likely N-dealkylation sites (tertiary alicyclic amines) is 1. The van der Waals surface area contributed by atoms with Crippen LogP contribution in [0.15, 0.2) is 12.1 Å². The molecule has 1 spiro atoms. The van der Waals surface area contributed by atoms with Crippen molar-refractivity contribution in [2.24, 2.45) is 0 Å². The molecule has 6 atom stereocenters. The van der Waals surface area contributed by atoms with Gasteiger partial charge in [-0.3, -0.25) is 0 Å². The summed E-state index contributed by atoms with van der Waals surface area (Å²) in [5, 5.41) is 43.2. The number of hydrogen-bond acceptors (Lipinski definition) is 6. The normalized spacial score (nSPS) is 47.1. The maximum atomic E-state index is 11.7. The molecule has 1 aromatic rings. The van der Waals surface area contributed by atoms with E-state index >= 15 is 0 Å². The molecule has 2 bridgehead atoms. The molecule has 23 heavy (non-hydrogen) atoms. The third-order valence-electron chi connectivity index (χ3n) is 6.75. The number of phenols is 1. The van der Waals surface area contributed by atoms with Crippen LogP contribution in [0.4, 0.5) is 0 Å². The minimum atomic E-state index is -1.38. The number of piperidine rings is 1. The second-order valence-electron chi connectivity index (χ2n) is 7.55. The predicted octanol–water partition coefficient (Wildman–Crippen LogP) is -0.492. The summed E-state index contributed by atoms with van der Waals surface area (Å²) in [5.41, 5.74) is -0.409. The number of aliphatic hydroxyl groups excluding tert-OH is 2. The molecule has 2 aliphatic heterocycles. The number of aliphatic hydroxyl groups is 3. The third-order valence-corrected chi connectivity index (χ3v) is 6.75. The highest BCUT2D eigenvalue weighted by Crippen LogP contribution is 2.65. The molecule has 0 amide bonds. The lowest BCUT2D eigenvalue weighted by Gasteiger charge is -2.64. The van der Waals surface area contributed by atoms with E-state index < -0.39 is 29.3 Å². The van der Waals surface area contributed by atoms with E-state index in [9.17, 15) is 20.4 Å². The maximum absolute atomic E-state index is 11.7. The van der Waals surface area contributed by atoms with Gasteiger partial charge < -0.3 is 30.1 Å². The number of likely N-dealkylation sites (N-methyl/N-ethyl adjacent to an activating group) is 1. The van der Waals surface area contributed by atoms with Crippen molar-refractivity contribution in [3.8, 4) is 11.5 Å². The van der Waals surface area contributed by atoms with Gasteiger partial charge in [0.15, 0.2) is 11.5 Å². The molecule has 1 saturated heterocycles. The van der Waals surface area contributed by atoms with Crippen molar-refractivity contribution in [3.63, 3.8) is 0 Å². The fourth-order valence-electron chi connectivity index (χ4n) is 5.78. The van der Waals surface area contributed by atoms with Gasteiger partial charge in [-0.25, -0.2) is 0 Å². The second-order valence-corrected chi connectivity index (χ2v) is 7.55. The molecule has 124 valence electrons. The van der Waals surface area contributed by atoms with Crippen LogP contribution >= 0.6 is 0 Å². The van der Waals surface area contributed by atoms with Gasteiger partial charge in [0.2, 0.25) is 0 Å². The summed E-state index contributed by atoms with van der Waals surface area (Å²) in [5.74, 6) is 0.413. The molecule has 1 saturated carbocycles. The summed E-state index contributed by atoms with van der Waals surface area (Å²) >= 11 is 0. The van der Waals surface area contributed by atoms with E-state index in [0.717, 1.165) is 17.7 Å². The van der Waals surface area contributed by atoms with E-state index in [1.165, 1.54) is 0 Å². The molecule has 4 aliphatic rings. The Kier molecular flexibility index (Phi) is 2.44. The minimum absolute atomic E-state index is 0.0361. The number of nitrogens with zero attached hydrogens (tertiary/aromatic N) is 1. The summed E-state index contributed by atoms with van der Waals surface area (Å²) in [4.78, 5) is 2.09. The van der Waals surface area contributed by atoms with Crippen molar-refractivity contribution in [3.05, 3.63) is 23.3 Å². The molecule has 5 rings (SSSR count). The first-order chi connectivity index (χ1) is 10.9. The van der Waals surface area contributed by atoms with Gasteiger partial charge in [0.1, 0.15) is 11.7 Å². The SMILES string of the molecule is CN1CCC23c4c5ccc(O)c4OC2C(O)CC(O)C3(O)C1C5. The van der Waals surface area contributed by atoms with Crippen molar-refractivity contribution >= 4 is 0 Å². The van der Waals surface area contributed by atoms with Crippen LogP contribution in [0.5, 0.6) is 11.5 Å². The largest absolute Gasteiger partial charge is 0.504 e. The highest BCUT2D eigenvalue weighted by Gasteiger charge is 2.75. The predicted molar refractivity (Wildman–Crippen MR) is 80.5 cm³/mol. The van der Waals surface area contributed by atoms with Crippen molar-refractivity contribution in [2.45, 2.75) is 54.6 Å². The summed E-state index contributed by atoms with van der Waals surface area (Å²) < 4.78 is 5.98. The Bertz CT molecular complexity index is 708. The Balaban J connectivity index is 1.87. The van der Waals surface area contributed by atoms with E-state index in [-0.39, 0.29) is 18.2 Å². The fraction of sp³-hybridized carbons (Fsp3) is 0.647. The lowest BCUT2D eigenvalue weighted by molar-refractivity contribution is -0.251. The molecule has 0 radical (unpaired) electrons. The van der Waals surface area contributed by atoms with Gasteiger partial charge in [-0.15, -0.1) is 0 Å². The average Bonchev–Trinajstić information content (AvgIpc) is 2.86. The molecule has 0 aromatic heterocycles. The smallest absolute Gasteiger partial charge is 0.165 e. The highest BCUT2D eigenvalue weighted by atomic mass is 16.5. The Morgan fingerprint density at radius 2 is 2.09 bits per heavy atom. The van der Waals surface area contributed by atoms with Gasteiger partial charge in [-0.05, 0) is 38.1 Å². The first-order valence-corrected chi connectivity index (χ1v) is 8.22. The number of phenolic OH excluding ortho intramolecular Hbond substituents is 1. The zero-order chi connectivity index (χ0) is 16.1. The monoisotopic (exact) mass is 319 g/mol. The van der Waals surface area contributed by atoms with Crippen LogP contribution in [-0.4, -0.2) is 68.9 Å². The third kappa shape index (κ3) is 1.29. The minimum Gasteiger partial charge on any atom is -0.504 e. The highest BCUT2D eigenvalue weighted by molar-refractivity contribution is 5.62. The quantitative estimate of drug-likeness (QED) is 0.516. The molecule has 2 heterocycles. The van der Waals surface area contributed by atoms with Crippen molar-refractivity contribution in [1.82, 2.24) is 4.90 Å². The summed E-state index contributed by atoms with van der Waals surface area (Å²) in [6, 6.07) is 3.26. The van der Waals surface area contributed by atoms with Gasteiger partial charge >= 0.3 is 0 Å². The maximum Gasteiger partial charge on any atom is 0.165 e. The van der Waals surface area contributed by atoms with Crippen molar-refractivity contribution in [2.75, 3.05) is 13.6 Å². The van der Waals surface area contributed by atoms with Crippen LogP contribution in [0.2, 0.25) is 0 Å². The number of aromatic hydroxyl groups is 1. The van der Waals surface area contributed by atoms with E-state index in [1.807, 2.05) is 13.1 Å². The molecular weight excluding hydrogens is 298 g/mol. The Morgan fingerprint density at radius 1 is 1.30 bits per heavy atom. The second kappa shape index (κ2) is 4.00. The Hall–Kier alpha value is -1.34. The van der Waals surface area contributed by atoms with Crippen LogP contribution in [0.25, 0.3) is 0 Å². The summed E-state index contributed by atoms with van der Waals surface area (Å²) in [6.45, 7) is 0.751. The lowest BCUT2D eigenvalue weighted by Crippen LogP contribution is -2.81. The Labute approximate surface area is 133 Å². The lowest BCUT2D eigenvalue weighted by atomic mass is 9.48. The molecule has 2 aliphatic carbocycles. The molecule has 6 unspecified atom stereocenters. The molecule has 6 heteroatoms. The first kappa shape index (κ1) is 14.0. The van der Waals surface area contributed by atoms with Gasteiger partial charge in [0, 0.05) is 18.0 Å². The van der Waals surface area contributed by atoms with E-state index in [1.54, 1.807) is 6.07 Å². The number of rotatable bonds is 0. The van der Waals surface area contributed by atoms with Crippen molar-refractivity contribution < 1.29 is 25.2 Å². The summed E-state index contributed by atoms with van der Waals surface area (Å²) in [7, 11) is 1.96.